The summed E-state index contributed by atoms with van der Waals surface area (Å²) in [6.45, 7) is 4.30. The van der Waals surface area contributed by atoms with Crippen molar-refractivity contribution < 1.29 is 4.74 Å². The number of benzene rings is 1. The second-order valence-electron chi connectivity index (χ2n) is 5.55. The highest BCUT2D eigenvalue weighted by molar-refractivity contribution is 9.10. The van der Waals surface area contributed by atoms with E-state index in [4.69, 9.17) is 4.74 Å². The first-order valence-corrected chi connectivity index (χ1v) is 8.74. The third-order valence-electron chi connectivity index (χ3n) is 4.25. The summed E-state index contributed by atoms with van der Waals surface area (Å²) in [5.74, 6) is 1.78. The molecule has 1 aromatic rings. The molecule has 0 bridgehead atoms. The molecule has 0 radical (unpaired) electrons. The van der Waals surface area contributed by atoms with E-state index in [-0.39, 0.29) is 0 Å². The highest BCUT2D eigenvalue weighted by Crippen LogP contribution is 2.47. The van der Waals surface area contributed by atoms with Crippen molar-refractivity contribution in [3.63, 3.8) is 0 Å². The van der Waals surface area contributed by atoms with Gasteiger partial charge in [-0.05, 0) is 49.8 Å². The zero-order chi connectivity index (χ0) is 14.0. The highest BCUT2D eigenvalue weighted by Gasteiger charge is 2.28. The Kier molecular flexibility index (Phi) is 5.36. The molecule has 0 N–H and O–H groups in total. The van der Waals surface area contributed by atoms with Gasteiger partial charge in [0.15, 0.2) is 0 Å². The maximum Gasteiger partial charge on any atom is 0.126 e. The molecule has 1 unspecified atom stereocenters. The lowest BCUT2D eigenvalue weighted by atomic mass is 9.83. The van der Waals surface area contributed by atoms with Gasteiger partial charge in [-0.2, -0.15) is 0 Å². The summed E-state index contributed by atoms with van der Waals surface area (Å²) in [6.07, 6.45) is 6.76. The first-order chi connectivity index (χ1) is 9.06. The summed E-state index contributed by atoms with van der Waals surface area (Å²) in [5.41, 5.74) is 3.84. The number of hydrogen-bond donors (Lipinski definition) is 0. The van der Waals surface area contributed by atoms with E-state index in [1.165, 1.54) is 53.3 Å². The summed E-state index contributed by atoms with van der Waals surface area (Å²) < 4.78 is 6.85. The molecular weight excluding hydrogens is 368 g/mol. The van der Waals surface area contributed by atoms with Crippen molar-refractivity contribution in [1.29, 1.82) is 0 Å². The number of halogens is 2. The van der Waals surface area contributed by atoms with Crippen molar-refractivity contribution in [1.82, 2.24) is 0 Å². The van der Waals surface area contributed by atoms with Crippen LogP contribution >= 0.6 is 31.9 Å². The molecule has 0 heterocycles. The van der Waals surface area contributed by atoms with Gasteiger partial charge in [-0.15, -0.1) is 0 Å². The molecule has 0 saturated heterocycles. The van der Waals surface area contributed by atoms with Crippen molar-refractivity contribution in [2.45, 2.75) is 50.8 Å². The zero-order valence-electron chi connectivity index (χ0n) is 11.9. The molecule has 1 fully saturated rings. The molecule has 1 saturated carbocycles. The Morgan fingerprint density at radius 3 is 2.42 bits per heavy atom. The summed E-state index contributed by atoms with van der Waals surface area (Å²) in [4.78, 5) is 0.402. The topological polar surface area (TPSA) is 9.23 Å². The molecule has 3 heteroatoms. The van der Waals surface area contributed by atoms with Crippen molar-refractivity contribution in [3.05, 3.63) is 27.2 Å². The van der Waals surface area contributed by atoms with Gasteiger partial charge >= 0.3 is 0 Å². The fourth-order valence-electron chi connectivity index (χ4n) is 3.14. The van der Waals surface area contributed by atoms with Crippen molar-refractivity contribution >= 4 is 31.9 Å². The van der Waals surface area contributed by atoms with Gasteiger partial charge in [0.1, 0.15) is 5.75 Å². The van der Waals surface area contributed by atoms with E-state index in [2.05, 4.69) is 51.8 Å². The Labute approximate surface area is 133 Å². The van der Waals surface area contributed by atoms with Gasteiger partial charge in [-0.1, -0.05) is 51.1 Å². The molecule has 0 aliphatic heterocycles. The molecular formula is C16H22Br2O. The minimum atomic E-state index is 0.402. The molecule has 1 nitrogen and oxygen atoms in total. The van der Waals surface area contributed by atoms with Crippen LogP contribution in [0.1, 0.15) is 53.6 Å². The third-order valence-corrected chi connectivity index (χ3v) is 6.28. The van der Waals surface area contributed by atoms with Crippen LogP contribution in [0.4, 0.5) is 0 Å². The van der Waals surface area contributed by atoms with E-state index >= 15 is 0 Å². The molecule has 1 atom stereocenters. The fourth-order valence-corrected chi connectivity index (χ4v) is 4.78. The monoisotopic (exact) mass is 388 g/mol. The van der Waals surface area contributed by atoms with E-state index in [0.29, 0.717) is 4.83 Å². The zero-order valence-corrected chi connectivity index (χ0v) is 15.1. The van der Waals surface area contributed by atoms with E-state index in [9.17, 15) is 0 Å². The Morgan fingerprint density at radius 2 is 1.84 bits per heavy atom. The van der Waals surface area contributed by atoms with Gasteiger partial charge in [0.05, 0.1) is 7.11 Å². The molecule has 1 aliphatic carbocycles. The van der Waals surface area contributed by atoms with Gasteiger partial charge in [-0.25, -0.2) is 0 Å². The molecule has 2 rings (SSSR count). The summed E-state index contributed by atoms with van der Waals surface area (Å²) in [6, 6.07) is 2.15. The predicted octanol–water partition coefficient (Wildman–Crippen LogP) is 6.09. The van der Waals surface area contributed by atoms with Gasteiger partial charge in [0, 0.05) is 14.9 Å². The predicted molar refractivity (Wildman–Crippen MR) is 88.4 cm³/mol. The quantitative estimate of drug-likeness (QED) is 0.568. The van der Waals surface area contributed by atoms with Gasteiger partial charge in [0.25, 0.3) is 0 Å². The molecule has 0 spiro atoms. The van der Waals surface area contributed by atoms with Crippen molar-refractivity contribution in [2.24, 2.45) is 5.92 Å². The van der Waals surface area contributed by atoms with Crippen LogP contribution in [0.3, 0.4) is 0 Å². The van der Waals surface area contributed by atoms with E-state index < -0.39 is 0 Å². The SMILES string of the molecule is COc1c(C)cc(Br)c(C)c1C(Br)C1CCCCC1. The molecule has 1 aromatic carbocycles. The molecule has 0 amide bonds. The molecule has 0 aromatic heterocycles. The largest absolute Gasteiger partial charge is 0.496 e. The summed E-state index contributed by atoms with van der Waals surface area (Å²) in [7, 11) is 1.78. The Balaban J connectivity index is 2.41. The highest BCUT2D eigenvalue weighted by atomic mass is 79.9. The maximum absolute atomic E-state index is 5.67. The second kappa shape index (κ2) is 6.62. The first-order valence-electron chi connectivity index (χ1n) is 7.04. The lowest BCUT2D eigenvalue weighted by Crippen LogP contribution is -2.14. The molecule has 106 valence electrons. The average molecular weight is 390 g/mol. The molecule has 1 aliphatic rings. The fraction of sp³-hybridized carbons (Fsp3) is 0.625. The van der Waals surface area contributed by atoms with E-state index in [1.807, 2.05) is 0 Å². The normalized spacial score (nSPS) is 18.4. The average Bonchev–Trinajstić information content (AvgIpc) is 2.42. The number of methoxy groups -OCH3 is 1. The first kappa shape index (κ1) is 15.4. The Bertz CT molecular complexity index is 451. The van der Waals surface area contributed by atoms with Crippen LogP contribution in [0.25, 0.3) is 0 Å². The summed E-state index contributed by atoms with van der Waals surface area (Å²) in [5, 5.41) is 0. The number of hydrogen-bond acceptors (Lipinski definition) is 1. The third kappa shape index (κ3) is 3.18. The van der Waals surface area contributed by atoms with Crippen LogP contribution in [-0.4, -0.2) is 7.11 Å². The van der Waals surface area contributed by atoms with Crippen molar-refractivity contribution in [3.8, 4) is 5.75 Å². The van der Waals surface area contributed by atoms with Crippen LogP contribution in [0.2, 0.25) is 0 Å². The second-order valence-corrected chi connectivity index (χ2v) is 7.39. The van der Waals surface area contributed by atoms with E-state index in [1.54, 1.807) is 7.11 Å². The number of alkyl halides is 1. The Morgan fingerprint density at radius 1 is 1.21 bits per heavy atom. The number of aryl methyl sites for hydroxylation is 1. The van der Waals surface area contributed by atoms with Crippen LogP contribution in [0.15, 0.2) is 10.5 Å². The van der Waals surface area contributed by atoms with Crippen LogP contribution < -0.4 is 4.74 Å². The van der Waals surface area contributed by atoms with Crippen molar-refractivity contribution in [2.75, 3.05) is 7.11 Å². The lowest BCUT2D eigenvalue weighted by Gasteiger charge is -2.29. The molecule has 19 heavy (non-hydrogen) atoms. The lowest BCUT2D eigenvalue weighted by molar-refractivity contribution is 0.345. The van der Waals surface area contributed by atoms with Crippen LogP contribution in [-0.2, 0) is 0 Å². The van der Waals surface area contributed by atoms with E-state index in [0.717, 1.165) is 11.7 Å². The number of ether oxygens (including phenoxy) is 1. The van der Waals surface area contributed by atoms with Crippen LogP contribution in [0.5, 0.6) is 5.75 Å². The standard InChI is InChI=1S/C16H22Br2O/c1-10-9-13(17)11(2)14(16(10)19-3)15(18)12-7-5-4-6-8-12/h9,12,15H,4-8H2,1-3H3. The minimum absolute atomic E-state index is 0.402. The van der Waals surface area contributed by atoms with Crippen LogP contribution in [0, 0.1) is 19.8 Å². The van der Waals surface area contributed by atoms with Gasteiger partial charge in [0.2, 0.25) is 0 Å². The Hall–Kier alpha value is -0.0200. The maximum atomic E-state index is 5.67. The minimum Gasteiger partial charge on any atom is -0.496 e. The summed E-state index contributed by atoms with van der Waals surface area (Å²) >= 11 is 7.63. The number of rotatable bonds is 3. The van der Waals surface area contributed by atoms with Gasteiger partial charge in [-0.3, -0.25) is 0 Å². The van der Waals surface area contributed by atoms with Gasteiger partial charge < -0.3 is 4.74 Å². The smallest absolute Gasteiger partial charge is 0.126 e.